The molecule has 0 aromatic heterocycles. The minimum Gasteiger partial charge on any atom is -0.495 e. The molecule has 2 aromatic rings. The van der Waals surface area contributed by atoms with E-state index in [0.29, 0.717) is 47.0 Å². The van der Waals surface area contributed by atoms with Crippen LogP contribution >= 0.6 is 11.8 Å². The van der Waals surface area contributed by atoms with Crippen LogP contribution in [0.5, 0.6) is 5.75 Å². The molecule has 0 amide bonds. The van der Waals surface area contributed by atoms with Crippen molar-refractivity contribution in [3.05, 3.63) is 63.8 Å². The van der Waals surface area contributed by atoms with Gasteiger partial charge >= 0.3 is 6.18 Å². The first kappa shape index (κ1) is 21.2. The number of para-hydroxylation sites is 2. The van der Waals surface area contributed by atoms with E-state index in [9.17, 15) is 27.0 Å². The maximum Gasteiger partial charge on any atom is 0.416 e. The van der Waals surface area contributed by atoms with Gasteiger partial charge in [-0.3, -0.25) is 0 Å². The number of allylic oxidation sites excluding steroid dienone is 1. The van der Waals surface area contributed by atoms with Crippen LogP contribution in [0.25, 0.3) is 0 Å². The fourth-order valence-corrected chi connectivity index (χ4v) is 5.23. The highest BCUT2D eigenvalue weighted by Crippen LogP contribution is 2.41. The maximum atomic E-state index is 14.2. The number of hydrogen-bond acceptors (Lipinski definition) is 5. The van der Waals surface area contributed by atoms with Crippen molar-refractivity contribution in [3.8, 4) is 11.8 Å². The second-order valence-electron chi connectivity index (χ2n) is 5.83. The first-order valence-corrected chi connectivity index (χ1v) is 10.4. The summed E-state index contributed by atoms with van der Waals surface area (Å²) in [5, 5.41) is 9.91. The number of benzene rings is 2. The normalized spacial score (nSPS) is 17.0. The Morgan fingerprint density at radius 1 is 1.28 bits per heavy atom. The number of methoxy groups -OCH3 is 1. The van der Waals surface area contributed by atoms with Crippen LogP contribution in [0.15, 0.2) is 57.3 Å². The predicted molar refractivity (Wildman–Crippen MR) is 103 cm³/mol. The summed E-state index contributed by atoms with van der Waals surface area (Å²) in [6.45, 7) is 0.466. The molecule has 1 aliphatic heterocycles. The number of thioether (sulfide) groups is 1. The number of hydrogen-bond donors (Lipinski definition) is 0. The Morgan fingerprint density at radius 2 is 2.00 bits per heavy atom. The van der Waals surface area contributed by atoms with Gasteiger partial charge < -0.3 is 9.64 Å². The molecule has 0 bridgehead atoms. The van der Waals surface area contributed by atoms with Crippen molar-refractivity contribution in [2.24, 2.45) is 0 Å². The zero-order chi connectivity index (χ0) is 21.2. The van der Waals surface area contributed by atoms with Gasteiger partial charge in [0.1, 0.15) is 33.5 Å². The fourth-order valence-electron chi connectivity index (χ4n) is 2.78. The Balaban J connectivity index is 2.10. The Bertz CT molecular complexity index is 1030. The van der Waals surface area contributed by atoms with Crippen LogP contribution in [0, 0.1) is 17.1 Å². The molecule has 4 nitrogen and oxygen atoms in total. The molecule has 0 radical (unpaired) electrons. The SMILES string of the molecule is COc1ccccc1N1CCSC1=C(C#N)S(=O)c1cc(C(F)(F)F)ccc1F. The molecule has 1 atom stereocenters. The maximum absolute atomic E-state index is 14.2. The third kappa shape index (κ3) is 4.26. The molecule has 2 aromatic carbocycles. The molecule has 0 N–H and O–H groups in total. The summed E-state index contributed by atoms with van der Waals surface area (Å²) in [5.74, 6) is -0.00163. The molecule has 1 heterocycles. The van der Waals surface area contributed by atoms with Crippen LogP contribution in [-0.2, 0) is 17.0 Å². The number of rotatable bonds is 4. The minimum absolute atomic E-state index is 0.298. The highest BCUT2D eigenvalue weighted by Gasteiger charge is 2.34. The average molecular weight is 442 g/mol. The van der Waals surface area contributed by atoms with Crippen molar-refractivity contribution in [1.82, 2.24) is 0 Å². The molecule has 3 rings (SSSR count). The highest BCUT2D eigenvalue weighted by molar-refractivity contribution is 8.04. The molecule has 1 unspecified atom stereocenters. The first-order chi connectivity index (χ1) is 13.8. The monoisotopic (exact) mass is 442 g/mol. The van der Waals surface area contributed by atoms with Gasteiger partial charge in [-0.2, -0.15) is 18.4 Å². The molecular weight excluding hydrogens is 428 g/mol. The lowest BCUT2D eigenvalue weighted by Crippen LogP contribution is -2.20. The summed E-state index contributed by atoms with van der Waals surface area (Å²) in [6.07, 6.45) is -4.72. The lowest BCUT2D eigenvalue weighted by Gasteiger charge is -2.22. The summed E-state index contributed by atoms with van der Waals surface area (Å²) < 4.78 is 71.4. The van der Waals surface area contributed by atoms with Crippen molar-refractivity contribution < 1.29 is 26.5 Å². The topological polar surface area (TPSA) is 53.3 Å². The second-order valence-corrected chi connectivity index (χ2v) is 8.30. The van der Waals surface area contributed by atoms with E-state index in [4.69, 9.17) is 4.74 Å². The summed E-state index contributed by atoms with van der Waals surface area (Å²) in [5.41, 5.74) is -0.519. The minimum atomic E-state index is -4.72. The van der Waals surface area contributed by atoms with Gasteiger partial charge in [0.15, 0.2) is 4.91 Å². The lowest BCUT2D eigenvalue weighted by atomic mass is 10.2. The largest absolute Gasteiger partial charge is 0.495 e. The van der Waals surface area contributed by atoms with E-state index in [2.05, 4.69) is 0 Å². The Labute approximate surface area is 171 Å². The number of alkyl halides is 3. The quantitative estimate of drug-likeness (QED) is 0.498. The first-order valence-electron chi connectivity index (χ1n) is 8.24. The van der Waals surface area contributed by atoms with E-state index in [0.717, 1.165) is 0 Å². The van der Waals surface area contributed by atoms with Crippen molar-refractivity contribution in [1.29, 1.82) is 5.26 Å². The van der Waals surface area contributed by atoms with Gasteiger partial charge in [-0.1, -0.05) is 12.1 Å². The molecule has 0 saturated carbocycles. The van der Waals surface area contributed by atoms with Crippen LogP contribution in [0.2, 0.25) is 0 Å². The van der Waals surface area contributed by atoms with E-state index < -0.39 is 33.3 Å². The third-order valence-corrected chi connectivity index (χ3v) is 6.70. The standard InChI is InChI=1S/C19H14F4N2O2S2/c1-27-15-5-3-2-4-14(15)25-8-9-28-18(25)17(11-24)29(26)16-10-12(19(21,22)23)6-7-13(16)20/h2-7,10H,8-9H2,1H3. The average Bonchev–Trinajstić information content (AvgIpc) is 3.17. The molecule has 0 spiro atoms. The number of halogens is 4. The van der Waals surface area contributed by atoms with Gasteiger partial charge in [0, 0.05) is 12.3 Å². The van der Waals surface area contributed by atoms with Crippen molar-refractivity contribution >= 4 is 28.2 Å². The molecule has 1 fully saturated rings. The smallest absolute Gasteiger partial charge is 0.416 e. The van der Waals surface area contributed by atoms with Crippen LogP contribution in [-0.4, -0.2) is 23.6 Å². The summed E-state index contributed by atoms with van der Waals surface area (Å²) in [4.78, 5) is 0.707. The third-order valence-electron chi connectivity index (χ3n) is 4.11. The molecule has 1 aliphatic rings. The molecule has 1 saturated heterocycles. The molecular formula is C19H14F4N2O2S2. The number of nitriles is 1. The van der Waals surface area contributed by atoms with Gasteiger partial charge in [-0.15, -0.1) is 11.8 Å². The fraction of sp³-hybridized carbons (Fsp3) is 0.211. The summed E-state index contributed by atoms with van der Waals surface area (Å²) in [7, 11) is -0.952. The lowest BCUT2D eigenvalue weighted by molar-refractivity contribution is -0.137. The Morgan fingerprint density at radius 3 is 2.66 bits per heavy atom. The number of ether oxygens (including phenoxy) is 1. The van der Waals surface area contributed by atoms with E-state index in [1.54, 1.807) is 35.2 Å². The molecule has 29 heavy (non-hydrogen) atoms. The molecule has 0 aliphatic carbocycles. The zero-order valence-corrected chi connectivity index (χ0v) is 16.6. The van der Waals surface area contributed by atoms with Crippen LogP contribution in [0.4, 0.5) is 23.2 Å². The second kappa shape index (κ2) is 8.47. The Hall–Kier alpha value is -2.51. The number of anilines is 1. The van der Waals surface area contributed by atoms with Crippen LogP contribution < -0.4 is 9.64 Å². The number of nitrogens with zero attached hydrogens (tertiary/aromatic N) is 2. The summed E-state index contributed by atoms with van der Waals surface area (Å²) >= 11 is 1.23. The van der Waals surface area contributed by atoms with Crippen molar-refractivity contribution in [2.75, 3.05) is 24.3 Å². The van der Waals surface area contributed by atoms with Crippen molar-refractivity contribution in [2.45, 2.75) is 11.1 Å². The molecule has 152 valence electrons. The predicted octanol–water partition coefficient (Wildman–Crippen LogP) is 4.91. The van der Waals surface area contributed by atoms with E-state index in [1.807, 2.05) is 0 Å². The van der Waals surface area contributed by atoms with E-state index in [-0.39, 0.29) is 4.91 Å². The van der Waals surface area contributed by atoms with Gasteiger partial charge in [0.05, 0.1) is 23.3 Å². The van der Waals surface area contributed by atoms with E-state index >= 15 is 0 Å². The van der Waals surface area contributed by atoms with E-state index in [1.165, 1.54) is 18.9 Å². The zero-order valence-electron chi connectivity index (χ0n) is 15.0. The van der Waals surface area contributed by atoms with Gasteiger partial charge in [-0.25, -0.2) is 8.60 Å². The van der Waals surface area contributed by atoms with Gasteiger partial charge in [0.2, 0.25) is 0 Å². The molecule has 10 heteroatoms. The van der Waals surface area contributed by atoms with Crippen molar-refractivity contribution in [3.63, 3.8) is 0 Å². The highest BCUT2D eigenvalue weighted by atomic mass is 32.2. The Kier molecular flexibility index (Phi) is 6.19. The van der Waals surface area contributed by atoms with Gasteiger partial charge in [-0.05, 0) is 30.3 Å². The van der Waals surface area contributed by atoms with Gasteiger partial charge in [0.25, 0.3) is 0 Å². The van der Waals surface area contributed by atoms with Crippen LogP contribution in [0.1, 0.15) is 5.56 Å². The van der Waals surface area contributed by atoms with Crippen LogP contribution in [0.3, 0.4) is 0 Å². The summed E-state index contributed by atoms with van der Waals surface area (Å²) in [6, 6.07) is 10.4.